The number of rotatable bonds is 6. The van der Waals surface area contributed by atoms with Crippen molar-refractivity contribution in [3.05, 3.63) is 42.4 Å². The van der Waals surface area contributed by atoms with Gasteiger partial charge in [-0.15, -0.1) is 0 Å². The Balaban J connectivity index is 1.42. The smallest absolute Gasteiger partial charge is 0.244 e. The van der Waals surface area contributed by atoms with Crippen molar-refractivity contribution in [3.8, 4) is 11.5 Å². The number of fused-ring (bicyclic) bond motifs is 1. The number of carbonyl (C=O) groups excluding carboxylic acids is 1. The van der Waals surface area contributed by atoms with Gasteiger partial charge in [0.25, 0.3) is 0 Å². The molecule has 2 aromatic rings. The Morgan fingerprint density at radius 3 is 2.70 bits per heavy atom. The van der Waals surface area contributed by atoms with Gasteiger partial charge in [-0.25, -0.2) is 4.99 Å². The molecular weight excluding hydrogens is 384 g/mol. The average Bonchev–Trinajstić information content (AvgIpc) is 3.43. The Morgan fingerprint density at radius 2 is 1.90 bits per heavy atom. The molecule has 4 rings (SSSR count). The van der Waals surface area contributed by atoms with Crippen LogP contribution in [0.15, 0.2) is 46.0 Å². The normalized spacial score (nSPS) is 16.3. The van der Waals surface area contributed by atoms with Gasteiger partial charge in [-0.05, 0) is 37.1 Å². The molecule has 0 radical (unpaired) electrons. The molecule has 0 aliphatic carbocycles. The zero-order chi connectivity index (χ0) is 20.6. The Morgan fingerprint density at radius 1 is 1.07 bits per heavy atom. The molecule has 2 aliphatic heterocycles. The predicted octanol–water partition coefficient (Wildman–Crippen LogP) is 2.66. The minimum absolute atomic E-state index is 0.0540. The number of benzene rings is 1. The lowest BCUT2D eigenvalue weighted by Gasteiger charge is -2.16. The number of amides is 1. The van der Waals surface area contributed by atoms with Crippen molar-refractivity contribution in [1.82, 2.24) is 10.2 Å². The summed E-state index contributed by atoms with van der Waals surface area (Å²) in [5, 5.41) is 6.56. The van der Waals surface area contributed by atoms with Crippen LogP contribution in [0.4, 0.5) is 5.69 Å². The fraction of sp³-hybridized carbons (Fsp3) is 0.455. The molecule has 0 unspecified atom stereocenters. The van der Waals surface area contributed by atoms with Crippen LogP contribution in [-0.2, 0) is 11.2 Å². The van der Waals surface area contributed by atoms with Crippen LogP contribution in [0.1, 0.15) is 25.0 Å². The first-order valence-electron chi connectivity index (χ1n) is 10.5. The zero-order valence-electron chi connectivity index (χ0n) is 17.1. The van der Waals surface area contributed by atoms with Gasteiger partial charge in [-0.2, -0.15) is 0 Å². The number of nitrogens with zero attached hydrogens (tertiary/aromatic N) is 2. The van der Waals surface area contributed by atoms with Gasteiger partial charge in [-0.3, -0.25) is 4.79 Å². The SMILES string of the molecule is O=C(CN=C(NCCc1ccco1)Nc1ccc2c(c1)OCCCO2)N1CCCC1. The van der Waals surface area contributed by atoms with E-state index in [9.17, 15) is 4.79 Å². The molecule has 2 N–H and O–H groups in total. The molecule has 8 nitrogen and oxygen atoms in total. The van der Waals surface area contributed by atoms with Crippen LogP contribution in [0, 0.1) is 0 Å². The number of hydrogen-bond acceptors (Lipinski definition) is 5. The number of likely N-dealkylation sites (tertiary alicyclic amines) is 1. The molecule has 1 aromatic heterocycles. The molecule has 1 fully saturated rings. The van der Waals surface area contributed by atoms with Crippen LogP contribution >= 0.6 is 0 Å². The average molecular weight is 412 g/mol. The lowest BCUT2D eigenvalue weighted by molar-refractivity contribution is -0.128. The summed E-state index contributed by atoms with van der Waals surface area (Å²) in [6, 6.07) is 9.51. The summed E-state index contributed by atoms with van der Waals surface area (Å²) >= 11 is 0. The molecule has 1 saturated heterocycles. The quantitative estimate of drug-likeness (QED) is 0.560. The molecule has 0 saturated carbocycles. The Bertz CT molecular complexity index is 860. The maximum Gasteiger partial charge on any atom is 0.244 e. The van der Waals surface area contributed by atoms with Gasteiger partial charge in [0.15, 0.2) is 17.5 Å². The van der Waals surface area contributed by atoms with Crippen molar-refractivity contribution in [2.75, 3.05) is 44.7 Å². The lowest BCUT2D eigenvalue weighted by Crippen LogP contribution is -2.35. The van der Waals surface area contributed by atoms with Crippen molar-refractivity contribution in [2.45, 2.75) is 25.7 Å². The van der Waals surface area contributed by atoms with Crippen LogP contribution < -0.4 is 20.1 Å². The Kier molecular flexibility index (Phi) is 6.74. The molecule has 160 valence electrons. The molecule has 0 spiro atoms. The molecule has 1 aromatic carbocycles. The van der Waals surface area contributed by atoms with E-state index in [4.69, 9.17) is 13.9 Å². The maximum atomic E-state index is 12.4. The number of nitrogens with one attached hydrogen (secondary N) is 2. The number of hydrogen-bond donors (Lipinski definition) is 2. The van der Waals surface area contributed by atoms with Crippen LogP contribution in [0.3, 0.4) is 0 Å². The first kappa shape index (κ1) is 20.1. The van der Waals surface area contributed by atoms with Crippen molar-refractivity contribution in [3.63, 3.8) is 0 Å². The summed E-state index contributed by atoms with van der Waals surface area (Å²) in [7, 11) is 0. The van der Waals surface area contributed by atoms with Crippen molar-refractivity contribution in [2.24, 2.45) is 4.99 Å². The van der Waals surface area contributed by atoms with E-state index in [0.717, 1.165) is 56.0 Å². The summed E-state index contributed by atoms with van der Waals surface area (Å²) in [5.74, 6) is 2.94. The second kappa shape index (κ2) is 10.0. The largest absolute Gasteiger partial charge is 0.490 e. The van der Waals surface area contributed by atoms with E-state index in [0.29, 0.717) is 31.5 Å². The minimum Gasteiger partial charge on any atom is -0.490 e. The number of anilines is 1. The van der Waals surface area contributed by atoms with Crippen LogP contribution in [-0.4, -0.2) is 56.2 Å². The van der Waals surface area contributed by atoms with E-state index in [1.54, 1.807) is 6.26 Å². The van der Waals surface area contributed by atoms with Crippen LogP contribution in [0.2, 0.25) is 0 Å². The highest BCUT2D eigenvalue weighted by atomic mass is 16.5. The van der Waals surface area contributed by atoms with Gasteiger partial charge < -0.3 is 29.4 Å². The van der Waals surface area contributed by atoms with E-state index < -0.39 is 0 Å². The highest BCUT2D eigenvalue weighted by Gasteiger charge is 2.17. The number of furan rings is 1. The minimum atomic E-state index is 0.0540. The first-order chi connectivity index (χ1) is 14.8. The summed E-state index contributed by atoms with van der Waals surface area (Å²) in [6.07, 6.45) is 5.37. The third kappa shape index (κ3) is 5.46. The highest BCUT2D eigenvalue weighted by Crippen LogP contribution is 2.32. The number of carbonyl (C=O) groups is 1. The fourth-order valence-corrected chi connectivity index (χ4v) is 3.49. The standard InChI is InChI=1S/C22H28N4O4/c27-21(26-10-1-2-11-26)16-24-22(23-9-8-18-5-3-12-28-18)25-17-6-7-19-20(15-17)30-14-4-13-29-19/h3,5-7,12,15H,1-2,4,8-11,13-14,16H2,(H2,23,24,25). The number of ether oxygens (including phenoxy) is 2. The lowest BCUT2D eigenvalue weighted by atomic mass is 10.2. The topological polar surface area (TPSA) is 88.3 Å². The van der Waals surface area contributed by atoms with Gasteiger partial charge in [0.2, 0.25) is 5.91 Å². The molecule has 30 heavy (non-hydrogen) atoms. The number of aliphatic imine (C=N–C) groups is 1. The third-order valence-corrected chi connectivity index (χ3v) is 5.09. The van der Waals surface area contributed by atoms with Gasteiger partial charge in [0.05, 0.1) is 19.5 Å². The molecule has 2 aliphatic rings. The summed E-state index contributed by atoms with van der Waals surface area (Å²) in [6.45, 7) is 3.67. The van der Waals surface area contributed by atoms with Gasteiger partial charge >= 0.3 is 0 Å². The molecule has 0 atom stereocenters. The van der Waals surface area contributed by atoms with Gasteiger partial charge in [-0.1, -0.05) is 0 Å². The second-order valence-electron chi connectivity index (χ2n) is 7.35. The summed E-state index contributed by atoms with van der Waals surface area (Å²) in [4.78, 5) is 18.8. The van der Waals surface area contributed by atoms with Crippen molar-refractivity contribution < 1.29 is 18.7 Å². The zero-order valence-corrected chi connectivity index (χ0v) is 17.1. The Hall–Kier alpha value is -3.16. The fourth-order valence-electron chi connectivity index (χ4n) is 3.49. The van der Waals surface area contributed by atoms with E-state index in [2.05, 4.69) is 15.6 Å². The highest BCUT2D eigenvalue weighted by molar-refractivity contribution is 5.95. The Labute approximate surface area is 176 Å². The van der Waals surface area contributed by atoms with Crippen LogP contribution in [0.25, 0.3) is 0 Å². The molecular formula is C22H28N4O4. The van der Waals surface area contributed by atoms with Crippen molar-refractivity contribution in [1.29, 1.82) is 0 Å². The molecule has 3 heterocycles. The summed E-state index contributed by atoms with van der Waals surface area (Å²) < 4.78 is 16.8. The first-order valence-corrected chi connectivity index (χ1v) is 10.5. The third-order valence-electron chi connectivity index (χ3n) is 5.09. The predicted molar refractivity (Wildman–Crippen MR) is 114 cm³/mol. The van der Waals surface area contributed by atoms with E-state index >= 15 is 0 Å². The molecule has 8 heteroatoms. The van der Waals surface area contributed by atoms with E-state index in [-0.39, 0.29) is 12.5 Å². The van der Waals surface area contributed by atoms with E-state index in [1.807, 2.05) is 35.2 Å². The molecule has 0 bridgehead atoms. The van der Waals surface area contributed by atoms with Gasteiger partial charge in [0, 0.05) is 44.2 Å². The maximum absolute atomic E-state index is 12.4. The van der Waals surface area contributed by atoms with Crippen LogP contribution in [0.5, 0.6) is 11.5 Å². The van der Waals surface area contributed by atoms with Crippen molar-refractivity contribution >= 4 is 17.6 Å². The van der Waals surface area contributed by atoms with Gasteiger partial charge in [0.1, 0.15) is 12.3 Å². The summed E-state index contributed by atoms with van der Waals surface area (Å²) in [5.41, 5.74) is 0.817. The monoisotopic (exact) mass is 412 g/mol. The molecule has 1 amide bonds. The number of guanidine groups is 1. The van der Waals surface area contributed by atoms with E-state index in [1.165, 1.54) is 0 Å². The second-order valence-corrected chi connectivity index (χ2v) is 7.35.